The molecule has 0 saturated carbocycles. The number of rotatable bonds is 2. The predicted molar refractivity (Wildman–Crippen MR) is 94.9 cm³/mol. The third-order valence-electron chi connectivity index (χ3n) is 3.98. The smallest absolute Gasteiger partial charge is 0.0126 e. The molecule has 3 rings (SSSR count). The molecule has 1 radical (unpaired) electrons. The number of benzene rings is 3. The van der Waals surface area contributed by atoms with Crippen molar-refractivity contribution in [2.45, 2.75) is 26.2 Å². The maximum Gasteiger partial charge on any atom is -0.0126 e. The lowest BCUT2D eigenvalue weighted by atomic mass is 9.82. The first-order valence-corrected chi connectivity index (χ1v) is 7.72. The summed E-state index contributed by atoms with van der Waals surface area (Å²) in [5.41, 5.74) is 6.60. The second-order valence-corrected chi connectivity index (χ2v) is 6.66. The van der Waals surface area contributed by atoms with Crippen LogP contribution in [0.4, 0.5) is 0 Å². The molecule has 0 saturated heterocycles. The lowest BCUT2D eigenvalue weighted by Gasteiger charge is -2.23. The molecule has 0 aliphatic heterocycles. The van der Waals surface area contributed by atoms with Crippen LogP contribution in [0.15, 0.2) is 72.8 Å². The summed E-state index contributed by atoms with van der Waals surface area (Å²) in [6, 6.07) is 28.7. The second kappa shape index (κ2) is 5.81. The van der Waals surface area contributed by atoms with Crippen LogP contribution < -0.4 is 0 Å². The van der Waals surface area contributed by atoms with Crippen LogP contribution in [0.2, 0.25) is 0 Å². The van der Waals surface area contributed by atoms with Gasteiger partial charge in [-0.2, -0.15) is 0 Å². The van der Waals surface area contributed by atoms with E-state index in [4.69, 9.17) is 0 Å². The molecule has 0 N–H and O–H groups in total. The summed E-state index contributed by atoms with van der Waals surface area (Å²) < 4.78 is 0. The molecule has 0 amide bonds. The highest BCUT2D eigenvalue weighted by atomic mass is 14.2. The molecular weight excluding hydrogens is 264 g/mol. The highest BCUT2D eigenvalue weighted by molar-refractivity contribution is 5.73. The summed E-state index contributed by atoms with van der Waals surface area (Å²) in [5, 5.41) is 0. The summed E-state index contributed by atoms with van der Waals surface area (Å²) in [4.78, 5) is 0. The Morgan fingerprint density at radius 2 is 1.18 bits per heavy atom. The van der Waals surface area contributed by atoms with Crippen LogP contribution in [-0.2, 0) is 5.41 Å². The third-order valence-corrected chi connectivity index (χ3v) is 3.98. The molecule has 0 aliphatic carbocycles. The van der Waals surface area contributed by atoms with Gasteiger partial charge in [-0.15, -0.1) is 0 Å². The van der Waals surface area contributed by atoms with E-state index in [0.717, 1.165) is 0 Å². The Balaban J connectivity index is 2.01. The quantitative estimate of drug-likeness (QED) is 0.532. The van der Waals surface area contributed by atoms with Gasteiger partial charge in [0.05, 0.1) is 0 Å². The molecule has 3 aromatic carbocycles. The standard InChI is InChI=1S/C22H21/c1-22(2,3)21-12-8-7-11-20(21)19-15-13-18(14-16-19)17-9-5-4-6-10-17/h5-16H,1-3H3. The van der Waals surface area contributed by atoms with Crippen LogP contribution >= 0.6 is 0 Å². The minimum Gasteiger partial charge on any atom is -0.0619 e. The van der Waals surface area contributed by atoms with Gasteiger partial charge in [-0.1, -0.05) is 93.6 Å². The molecule has 109 valence electrons. The van der Waals surface area contributed by atoms with Crippen LogP contribution in [0, 0.1) is 6.07 Å². The van der Waals surface area contributed by atoms with Crippen molar-refractivity contribution in [2.24, 2.45) is 0 Å². The van der Waals surface area contributed by atoms with E-state index < -0.39 is 0 Å². The van der Waals surface area contributed by atoms with Crippen molar-refractivity contribution in [3.63, 3.8) is 0 Å². The Morgan fingerprint density at radius 1 is 0.636 bits per heavy atom. The minimum atomic E-state index is 0.143. The number of hydrogen-bond donors (Lipinski definition) is 0. The normalized spacial score (nSPS) is 11.4. The van der Waals surface area contributed by atoms with Crippen molar-refractivity contribution in [2.75, 3.05) is 0 Å². The van der Waals surface area contributed by atoms with E-state index in [-0.39, 0.29) is 5.41 Å². The predicted octanol–water partition coefficient (Wildman–Crippen LogP) is 6.12. The van der Waals surface area contributed by atoms with Gasteiger partial charge >= 0.3 is 0 Å². The SMILES string of the molecule is CC(C)(C)c1ccccc1-c1ccc(-c2cc[c]cc2)cc1. The van der Waals surface area contributed by atoms with Gasteiger partial charge < -0.3 is 0 Å². The summed E-state index contributed by atoms with van der Waals surface area (Å²) in [6.07, 6.45) is 0. The molecule has 0 atom stereocenters. The molecule has 0 nitrogen and oxygen atoms in total. The fourth-order valence-corrected chi connectivity index (χ4v) is 2.81. The van der Waals surface area contributed by atoms with Crippen LogP contribution in [0.5, 0.6) is 0 Å². The van der Waals surface area contributed by atoms with Gasteiger partial charge in [0.15, 0.2) is 0 Å². The van der Waals surface area contributed by atoms with E-state index in [0.29, 0.717) is 0 Å². The average molecular weight is 285 g/mol. The van der Waals surface area contributed by atoms with E-state index >= 15 is 0 Å². The van der Waals surface area contributed by atoms with Gasteiger partial charge in [0.25, 0.3) is 0 Å². The molecule has 0 unspecified atom stereocenters. The van der Waals surface area contributed by atoms with Gasteiger partial charge in [0.2, 0.25) is 0 Å². The zero-order valence-corrected chi connectivity index (χ0v) is 13.4. The van der Waals surface area contributed by atoms with Crippen molar-refractivity contribution >= 4 is 0 Å². The van der Waals surface area contributed by atoms with Gasteiger partial charge in [-0.25, -0.2) is 0 Å². The molecule has 0 aliphatic rings. The Labute approximate surface area is 133 Å². The van der Waals surface area contributed by atoms with Gasteiger partial charge in [-0.05, 0) is 39.3 Å². The van der Waals surface area contributed by atoms with Crippen LogP contribution in [0.3, 0.4) is 0 Å². The van der Waals surface area contributed by atoms with E-state index in [1.165, 1.54) is 27.8 Å². The zero-order chi connectivity index (χ0) is 15.6. The fourth-order valence-electron chi connectivity index (χ4n) is 2.81. The topological polar surface area (TPSA) is 0 Å². The van der Waals surface area contributed by atoms with Crippen LogP contribution in [-0.4, -0.2) is 0 Å². The molecule has 0 bridgehead atoms. The van der Waals surface area contributed by atoms with Crippen LogP contribution in [0.1, 0.15) is 26.3 Å². The van der Waals surface area contributed by atoms with Crippen molar-refractivity contribution in [3.05, 3.63) is 84.4 Å². The van der Waals surface area contributed by atoms with Crippen molar-refractivity contribution in [3.8, 4) is 22.3 Å². The van der Waals surface area contributed by atoms with E-state index in [2.05, 4.69) is 87.5 Å². The van der Waals surface area contributed by atoms with Gasteiger partial charge in [-0.3, -0.25) is 0 Å². The Morgan fingerprint density at radius 3 is 1.82 bits per heavy atom. The van der Waals surface area contributed by atoms with Crippen molar-refractivity contribution in [1.82, 2.24) is 0 Å². The molecule has 0 heteroatoms. The lowest BCUT2D eigenvalue weighted by Crippen LogP contribution is -2.12. The number of hydrogen-bond acceptors (Lipinski definition) is 0. The van der Waals surface area contributed by atoms with E-state index in [1.54, 1.807) is 0 Å². The molecule has 0 heterocycles. The monoisotopic (exact) mass is 285 g/mol. The first kappa shape index (κ1) is 14.6. The highest BCUT2D eigenvalue weighted by Crippen LogP contribution is 2.33. The molecular formula is C22H21. The maximum atomic E-state index is 3.06. The first-order valence-electron chi connectivity index (χ1n) is 7.72. The third kappa shape index (κ3) is 2.96. The summed E-state index contributed by atoms with van der Waals surface area (Å²) in [7, 11) is 0. The van der Waals surface area contributed by atoms with Crippen molar-refractivity contribution < 1.29 is 0 Å². The fraction of sp³-hybridized carbons (Fsp3) is 0.182. The molecule has 0 aromatic heterocycles. The average Bonchev–Trinajstić information content (AvgIpc) is 2.55. The zero-order valence-electron chi connectivity index (χ0n) is 13.4. The van der Waals surface area contributed by atoms with Gasteiger partial charge in [0, 0.05) is 0 Å². The minimum absolute atomic E-state index is 0.143. The Kier molecular flexibility index (Phi) is 3.85. The Hall–Kier alpha value is -2.34. The maximum absolute atomic E-state index is 3.06. The van der Waals surface area contributed by atoms with Crippen LogP contribution in [0.25, 0.3) is 22.3 Å². The summed E-state index contributed by atoms with van der Waals surface area (Å²) >= 11 is 0. The van der Waals surface area contributed by atoms with Gasteiger partial charge in [0.1, 0.15) is 0 Å². The van der Waals surface area contributed by atoms with Crippen molar-refractivity contribution in [1.29, 1.82) is 0 Å². The Bertz CT molecular complexity index is 744. The first-order chi connectivity index (χ1) is 10.6. The summed E-state index contributed by atoms with van der Waals surface area (Å²) in [5.74, 6) is 0. The highest BCUT2D eigenvalue weighted by Gasteiger charge is 2.17. The second-order valence-electron chi connectivity index (χ2n) is 6.66. The largest absolute Gasteiger partial charge is 0.0619 e. The van der Waals surface area contributed by atoms with E-state index in [1.807, 2.05) is 12.1 Å². The molecule has 0 spiro atoms. The lowest BCUT2D eigenvalue weighted by molar-refractivity contribution is 0.592. The molecule has 3 aromatic rings. The molecule has 0 fully saturated rings. The summed E-state index contributed by atoms with van der Waals surface area (Å²) in [6.45, 7) is 6.79. The van der Waals surface area contributed by atoms with E-state index in [9.17, 15) is 0 Å². The molecule has 22 heavy (non-hydrogen) atoms.